The second-order valence-electron chi connectivity index (χ2n) is 4.58. The van der Waals surface area contributed by atoms with Crippen molar-refractivity contribution < 1.29 is 18.6 Å². The van der Waals surface area contributed by atoms with Gasteiger partial charge in [-0.25, -0.2) is 0 Å². The van der Waals surface area contributed by atoms with Gasteiger partial charge in [-0.3, -0.25) is 0 Å². The molecule has 0 radical (unpaired) electrons. The number of hydrogen-bond donors (Lipinski definition) is 2. The van der Waals surface area contributed by atoms with Gasteiger partial charge in [-0.2, -0.15) is 8.78 Å². The van der Waals surface area contributed by atoms with Crippen LogP contribution >= 0.6 is 0 Å². The minimum absolute atomic E-state index is 0.0710. The molecule has 0 unspecified atom stereocenters. The second-order valence-corrected chi connectivity index (χ2v) is 4.58. The molecule has 0 aliphatic rings. The topological polar surface area (TPSA) is 55.5 Å². The molecule has 0 aliphatic carbocycles. The number of ether oxygens (including phenoxy) is 1. The highest BCUT2D eigenvalue weighted by molar-refractivity contribution is 5.31. The Kier molecular flexibility index (Phi) is 4.42. The van der Waals surface area contributed by atoms with Crippen molar-refractivity contribution in [3.63, 3.8) is 0 Å². The van der Waals surface area contributed by atoms with E-state index in [9.17, 15) is 13.9 Å². The molecule has 3 nitrogen and oxygen atoms in total. The van der Waals surface area contributed by atoms with E-state index in [2.05, 4.69) is 4.74 Å². The molecule has 0 aliphatic heterocycles. The third-order valence-electron chi connectivity index (χ3n) is 2.69. The Hall–Kier alpha value is -1.20. The number of hydrogen-bond acceptors (Lipinski definition) is 3. The van der Waals surface area contributed by atoms with Crippen LogP contribution in [-0.2, 0) is 0 Å². The summed E-state index contributed by atoms with van der Waals surface area (Å²) in [5.74, 6) is 0.0710. The van der Waals surface area contributed by atoms with Gasteiger partial charge in [-0.15, -0.1) is 0 Å². The van der Waals surface area contributed by atoms with Crippen LogP contribution in [0, 0.1) is 5.41 Å². The molecule has 1 atom stereocenters. The first-order valence-corrected chi connectivity index (χ1v) is 5.28. The van der Waals surface area contributed by atoms with Gasteiger partial charge >= 0.3 is 6.61 Å². The van der Waals surface area contributed by atoms with Gasteiger partial charge < -0.3 is 15.6 Å². The monoisotopic (exact) mass is 245 g/mol. The summed E-state index contributed by atoms with van der Waals surface area (Å²) in [5, 5.41) is 9.21. The molecular weight excluding hydrogens is 228 g/mol. The minimum Gasteiger partial charge on any atom is -0.435 e. The van der Waals surface area contributed by atoms with Gasteiger partial charge in [0.1, 0.15) is 5.75 Å². The van der Waals surface area contributed by atoms with Gasteiger partial charge in [0.15, 0.2) is 0 Å². The average Bonchev–Trinajstić information content (AvgIpc) is 2.27. The standard InChI is InChI=1S/C12H17F2NO2/c1-12(2,7-16)10(15)8-4-3-5-9(6-8)17-11(13)14/h3-6,10-11,16H,7,15H2,1-2H3/t10-/m0/s1. The Labute approximate surface area is 99.2 Å². The van der Waals surface area contributed by atoms with Gasteiger partial charge in [0.2, 0.25) is 0 Å². The van der Waals surface area contributed by atoms with Crippen LogP contribution < -0.4 is 10.5 Å². The van der Waals surface area contributed by atoms with E-state index >= 15 is 0 Å². The fraction of sp³-hybridized carbons (Fsp3) is 0.500. The number of halogens is 2. The Morgan fingerprint density at radius 3 is 2.59 bits per heavy atom. The predicted molar refractivity (Wildman–Crippen MR) is 60.9 cm³/mol. The highest BCUT2D eigenvalue weighted by atomic mass is 19.3. The van der Waals surface area contributed by atoms with E-state index in [-0.39, 0.29) is 12.4 Å². The minimum atomic E-state index is -2.85. The first kappa shape index (κ1) is 13.9. The zero-order chi connectivity index (χ0) is 13.1. The van der Waals surface area contributed by atoms with E-state index in [1.165, 1.54) is 12.1 Å². The molecule has 96 valence electrons. The number of aliphatic hydroxyl groups is 1. The number of aliphatic hydroxyl groups excluding tert-OH is 1. The molecule has 0 saturated heterocycles. The lowest BCUT2D eigenvalue weighted by molar-refractivity contribution is -0.0499. The van der Waals surface area contributed by atoms with Crippen LogP contribution in [-0.4, -0.2) is 18.3 Å². The van der Waals surface area contributed by atoms with Crippen molar-refractivity contribution in [2.24, 2.45) is 11.1 Å². The first-order valence-electron chi connectivity index (χ1n) is 5.28. The van der Waals surface area contributed by atoms with Gasteiger partial charge in [0.25, 0.3) is 0 Å². The molecule has 17 heavy (non-hydrogen) atoms. The number of alkyl halides is 2. The maximum Gasteiger partial charge on any atom is 0.387 e. The summed E-state index contributed by atoms with van der Waals surface area (Å²) < 4.78 is 28.4. The molecule has 0 saturated carbocycles. The first-order chi connectivity index (χ1) is 7.86. The smallest absolute Gasteiger partial charge is 0.387 e. The van der Waals surface area contributed by atoms with Crippen molar-refractivity contribution in [1.29, 1.82) is 0 Å². The van der Waals surface area contributed by atoms with Crippen LogP contribution in [0.4, 0.5) is 8.78 Å². The summed E-state index contributed by atoms with van der Waals surface area (Å²) in [6, 6.07) is 5.78. The van der Waals surface area contributed by atoms with Crippen LogP contribution in [0.15, 0.2) is 24.3 Å². The van der Waals surface area contributed by atoms with Crippen LogP contribution in [0.5, 0.6) is 5.75 Å². The van der Waals surface area contributed by atoms with E-state index in [1.54, 1.807) is 26.0 Å². The normalized spacial score (nSPS) is 13.8. The summed E-state index contributed by atoms with van der Waals surface area (Å²) >= 11 is 0. The maximum atomic E-state index is 12.1. The Bertz CT molecular complexity index is 369. The van der Waals surface area contributed by atoms with Crippen molar-refractivity contribution in [1.82, 2.24) is 0 Å². The molecule has 0 bridgehead atoms. The van der Waals surface area contributed by atoms with Crippen molar-refractivity contribution in [3.8, 4) is 5.75 Å². The third-order valence-corrected chi connectivity index (χ3v) is 2.69. The summed E-state index contributed by atoms with van der Waals surface area (Å²) in [6.45, 7) is 0.664. The Balaban J connectivity index is 2.91. The van der Waals surface area contributed by atoms with Crippen LogP contribution in [0.25, 0.3) is 0 Å². The third kappa shape index (κ3) is 3.64. The molecule has 5 heteroatoms. The molecule has 1 aromatic rings. The van der Waals surface area contributed by atoms with Crippen LogP contribution in [0.1, 0.15) is 25.5 Å². The molecule has 1 rings (SSSR count). The SMILES string of the molecule is CC(C)(CO)[C@@H](N)c1cccc(OC(F)F)c1. The van der Waals surface area contributed by atoms with E-state index < -0.39 is 18.1 Å². The fourth-order valence-corrected chi connectivity index (χ4v) is 1.43. The van der Waals surface area contributed by atoms with Gasteiger partial charge in [0.05, 0.1) is 0 Å². The number of benzene rings is 1. The lowest BCUT2D eigenvalue weighted by Gasteiger charge is -2.29. The zero-order valence-corrected chi connectivity index (χ0v) is 9.86. The summed E-state index contributed by atoms with van der Waals surface area (Å²) in [6.07, 6.45) is 0. The van der Waals surface area contributed by atoms with Crippen molar-refractivity contribution >= 4 is 0 Å². The Morgan fingerprint density at radius 2 is 2.06 bits per heavy atom. The molecule has 1 aromatic carbocycles. The molecule has 0 heterocycles. The van der Waals surface area contributed by atoms with Gasteiger partial charge in [-0.05, 0) is 17.7 Å². The highest BCUT2D eigenvalue weighted by Crippen LogP contribution is 2.32. The molecule has 0 aromatic heterocycles. The van der Waals surface area contributed by atoms with Crippen LogP contribution in [0.3, 0.4) is 0 Å². The quantitative estimate of drug-likeness (QED) is 0.837. The lowest BCUT2D eigenvalue weighted by atomic mass is 9.82. The van der Waals surface area contributed by atoms with Crippen molar-refractivity contribution in [2.45, 2.75) is 26.5 Å². The summed E-state index contributed by atoms with van der Waals surface area (Å²) in [4.78, 5) is 0. The molecule has 3 N–H and O–H groups in total. The predicted octanol–water partition coefficient (Wildman–Crippen LogP) is 2.31. The lowest BCUT2D eigenvalue weighted by Crippen LogP contribution is -2.32. The van der Waals surface area contributed by atoms with E-state index in [4.69, 9.17) is 5.73 Å². The average molecular weight is 245 g/mol. The number of rotatable bonds is 5. The van der Waals surface area contributed by atoms with Gasteiger partial charge in [0, 0.05) is 18.1 Å². The summed E-state index contributed by atoms with van der Waals surface area (Å²) in [7, 11) is 0. The van der Waals surface area contributed by atoms with Crippen molar-refractivity contribution in [2.75, 3.05) is 6.61 Å². The largest absolute Gasteiger partial charge is 0.435 e. The van der Waals surface area contributed by atoms with Crippen molar-refractivity contribution in [3.05, 3.63) is 29.8 Å². The molecule has 0 fully saturated rings. The van der Waals surface area contributed by atoms with E-state index in [0.29, 0.717) is 5.56 Å². The van der Waals surface area contributed by atoms with Crippen LogP contribution in [0.2, 0.25) is 0 Å². The molecular formula is C12H17F2NO2. The van der Waals surface area contributed by atoms with Gasteiger partial charge in [-0.1, -0.05) is 26.0 Å². The number of nitrogens with two attached hydrogens (primary N) is 1. The highest BCUT2D eigenvalue weighted by Gasteiger charge is 2.27. The second kappa shape index (κ2) is 5.42. The van der Waals surface area contributed by atoms with E-state index in [1.807, 2.05) is 0 Å². The molecule has 0 spiro atoms. The zero-order valence-electron chi connectivity index (χ0n) is 9.86. The fourth-order valence-electron chi connectivity index (χ4n) is 1.43. The maximum absolute atomic E-state index is 12.1. The molecule has 0 amide bonds. The van der Waals surface area contributed by atoms with E-state index in [0.717, 1.165) is 0 Å². The Morgan fingerprint density at radius 1 is 1.41 bits per heavy atom. The summed E-state index contributed by atoms with van der Waals surface area (Å²) in [5.41, 5.74) is 6.11.